The molecule has 0 aromatic carbocycles. The minimum Gasteiger partial charge on any atom is -0.465 e. The summed E-state index contributed by atoms with van der Waals surface area (Å²) in [5, 5.41) is 5.30. The van der Waals surface area contributed by atoms with Crippen LogP contribution in [0.25, 0.3) is 0 Å². The van der Waals surface area contributed by atoms with Crippen molar-refractivity contribution in [2.45, 2.75) is 25.4 Å². The van der Waals surface area contributed by atoms with Gasteiger partial charge in [0.1, 0.15) is 0 Å². The molecular weight excluding hydrogens is 262 g/mol. The van der Waals surface area contributed by atoms with E-state index in [1.807, 2.05) is 0 Å². The molecule has 1 unspecified atom stereocenters. The molecule has 1 aliphatic heterocycles. The zero-order valence-corrected chi connectivity index (χ0v) is 11.0. The highest BCUT2D eigenvalue weighted by Crippen LogP contribution is 2.06. The second-order valence-electron chi connectivity index (χ2n) is 4.41. The van der Waals surface area contributed by atoms with Crippen LogP contribution in [0, 0.1) is 0 Å². The summed E-state index contributed by atoms with van der Waals surface area (Å²) >= 11 is 0. The maximum Gasteiger partial charge on any atom is 0.339 e. The Morgan fingerprint density at radius 3 is 2.90 bits per heavy atom. The first-order chi connectivity index (χ1) is 9.60. The van der Waals surface area contributed by atoms with Crippen LogP contribution in [0.3, 0.4) is 0 Å². The van der Waals surface area contributed by atoms with Crippen molar-refractivity contribution in [1.29, 1.82) is 0 Å². The van der Waals surface area contributed by atoms with Crippen molar-refractivity contribution < 1.29 is 19.1 Å². The van der Waals surface area contributed by atoms with Gasteiger partial charge in [-0.3, -0.25) is 19.9 Å². The number of ether oxygens (including phenoxy) is 1. The van der Waals surface area contributed by atoms with E-state index in [0.717, 1.165) is 0 Å². The number of nitrogens with one attached hydrogen (secondary N) is 2. The molecular formula is C13H15N3O4. The van der Waals surface area contributed by atoms with Crippen LogP contribution in [-0.2, 0) is 20.9 Å². The van der Waals surface area contributed by atoms with Crippen molar-refractivity contribution in [3.63, 3.8) is 0 Å². The smallest absolute Gasteiger partial charge is 0.339 e. The van der Waals surface area contributed by atoms with Gasteiger partial charge in [-0.1, -0.05) is 0 Å². The number of hydrogen-bond donors (Lipinski definition) is 2. The molecule has 2 heterocycles. The van der Waals surface area contributed by atoms with Gasteiger partial charge in [-0.25, -0.2) is 4.79 Å². The van der Waals surface area contributed by atoms with Crippen molar-refractivity contribution >= 4 is 17.8 Å². The fraction of sp³-hybridized carbons (Fsp3) is 0.385. The Labute approximate surface area is 115 Å². The number of esters is 1. The lowest BCUT2D eigenvalue weighted by molar-refractivity contribution is -0.134. The van der Waals surface area contributed by atoms with Gasteiger partial charge in [0, 0.05) is 19.2 Å². The van der Waals surface area contributed by atoms with Gasteiger partial charge in [-0.15, -0.1) is 0 Å². The second-order valence-corrected chi connectivity index (χ2v) is 4.41. The van der Waals surface area contributed by atoms with E-state index in [0.29, 0.717) is 30.6 Å². The van der Waals surface area contributed by atoms with Crippen LogP contribution in [0.5, 0.6) is 0 Å². The molecule has 0 saturated carbocycles. The van der Waals surface area contributed by atoms with Crippen LogP contribution < -0.4 is 10.6 Å². The molecule has 106 valence electrons. The Morgan fingerprint density at radius 2 is 2.30 bits per heavy atom. The first-order valence-electron chi connectivity index (χ1n) is 6.20. The molecule has 2 N–H and O–H groups in total. The van der Waals surface area contributed by atoms with Gasteiger partial charge in [0.05, 0.1) is 24.4 Å². The van der Waals surface area contributed by atoms with Gasteiger partial charge < -0.3 is 10.1 Å². The fourth-order valence-corrected chi connectivity index (χ4v) is 1.88. The topological polar surface area (TPSA) is 97.4 Å². The number of carbonyl (C=O) groups is 3. The summed E-state index contributed by atoms with van der Waals surface area (Å²) < 4.78 is 4.58. The number of hydrogen-bond acceptors (Lipinski definition) is 6. The molecule has 2 rings (SSSR count). The normalized spacial score (nSPS) is 18.6. The number of methoxy groups -OCH3 is 1. The van der Waals surface area contributed by atoms with Crippen LogP contribution in [0.1, 0.15) is 28.9 Å². The summed E-state index contributed by atoms with van der Waals surface area (Å²) in [7, 11) is 1.31. The molecule has 1 aromatic rings. The largest absolute Gasteiger partial charge is 0.465 e. The standard InChI is InChI=1S/C13H15N3O4/c1-20-13(19)8-2-3-9(14-6-8)7-15-10-4-5-11(17)16-12(10)18/h2-3,6,10,15H,4-5,7H2,1H3,(H,16,17,18). The molecule has 0 aliphatic carbocycles. The molecule has 7 nitrogen and oxygen atoms in total. The van der Waals surface area contributed by atoms with Crippen molar-refractivity contribution in [2.24, 2.45) is 0 Å². The summed E-state index contributed by atoms with van der Waals surface area (Å²) in [6, 6.07) is 2.90. The van der Waals surface area contributed by atoms with Crippen molar-refractivity contribution in [1.82, 2.24) is 15.6 Å². The SMILES string of the molecule is COC(=O)c1ccc(CNC2CCC(=O)NC2=O)nc1. The van der Waals surface area contributed by atoms with Crippen molar-refractivity contribution in [3.8, 4) is 0 Å². The Balaban J connectivity index is 1.89. The fourth-order valence-electron chi connectivity index (χ4n) is 1.88. The number of aromatic nitrogens is 1. The van der Waals surface area contributed by atoms with Gasteiger partial charge in [0.15, 0.2) is 0 Å². The summed E-state index contributed by atoms with van der Waals surface area (Å²) in [5.74, 6) is -0.997. The minimum absolute atomic E-state index is 0.242. The lowest BCUT2D eigenvalue weighted by Gasteiger charge is -2.21. The van der Waals surface area contributed by atoms with E-state index in [-0.39, 0.29) is 11.8 Å². The molecule has 0 spiro atoms. The average Bonchev–Trinajstić information content (AvgIpc) is 2.46. The maximum atomic E-state index is 11.5. The molecule has 1 aliphatic rings. The van der Waals surface area contributed by atoms with E-state index in [4.69, 9.17) is 0 Å². The Bertz CT molecular complexity index is 527. The lowest BCUT2D eigenvalue weighted by Crippen LogP contribution is -2.50. The summed E-state index contributed by atoms with van der Waals surface area (Å²) in [6.07, 6.45) is 2.23. The predicted octanol–water partition coefficient (Wildman–Crippen LogP) is -0.237. The number of piperidine rings is 1. The summed E-state index contributed by atoms with van der Waals surface area (Å²) in [5.41, 5.74) is 1.07. The predicted molar refractivity (Wildman–Crippen MR) is 68.6 cm³/mol. The zero-order chi connectivity index (χ0) is 14.5. The van der Waals surface area contributed by atoms with Crippen LogP contribution in [0.4, 0.5) is 0 Å². The van der Waals surface area contributed by atoms with E-state index < -0.39 is 12.0 Å². The first-order valence-corrected chi connectivity index (χ1v) is 6.20. The highest BCUT2D eigenvalue weighted by molar-refractivity contribution is 6.00. The third-order valence-corrected chi connectivity index (χ3v) is 3.01. The molecule has 1 aromatic heterocycles. The van der Waals surface area contributed by atoms with E-state index >= 15 is 0 Å². The van der Waals surface area contributed by atoms with Gasteiger partial charge in [-0.05, 0) is 18.6 Å². The van der Waals surface area contributed by atoms with Crippen LogP contribution >= 0.6 is 0 Å². The zero-order valence-electron chi connectivity index (χ0n) is 11.0. The molecule has 20 heavy (non-hydrogen) atoms. The van der Waals surface area contributed by atoms with Crippen LogP contribution in [-0.4, -0.2) is 35.9 Å². The summed E-state index contributed by atoms with van der Waals surface area (Å²) in [6.45, 7) is 0.383. The quantitative estimate of drug-likeness (QED) is 0.582. The van der Waals surface area contributed by atoms with E-state index in [1.165, 1.54) is 13.3 Å². The molecule has 2 amide bonds. The monoisotopic (exact) mass is 277 g/mol. The Hall–Kier alpha value is -2.28. The summed E-state index contributed by atoms with van der Waals surface area (Å²) in [4.78, 5) is 37.9. The second kappa shape index (κ2) is 6.25. The van der Waals surface area contributed by atoms with Crippen LogP contribution in [0.15, 0.2) is 18.3 Å². The van der Waals surface area contributed by atoms with E-state index in [9.17, 15) is 14.4 Å². The third-order valence-electron chi connectivity index (χ3n) is 3.01. The lowest BCUT2D eigenvalue weighted by atomic mass is 10.1. The number of carbonyl (C=O) groups excluding carboxylic acids is 3. The van der Waals surface area contributed by atoms with Gasteiger partial charge in [0.25, 0.3) is 0 Å². The number of rotatable bonds is 4. The highest BCUT2D eigenvalue weighted by Gasteiger charge is 2.25. The number of nitrogens with zero attached hydrogens (tertiary/aromatic N) is 1. The Morgan fingerprint density at radius 1 is 1.50 bits per heavy atom. The highest BCUT2D eigenvalue weighted by atomic mass is 16.5. The average molecular weight is 277 g/mol. The Kier molecular flexibility index (Phi) is 4.41. The first kappa shape index (κ1) is 14.1. The molecule has 1 fully saturated rings. The molecule has 1 atom stereocenters. The molecule has 7 heteroatoms. The van der Waals surface area contributed by atoms with Crippen molar-refractivity contribution in [2.75, 3.05) is 7.11 Å². The van der Waals surface area contributed by atoms with E-state index in [2.05, 4.69) is 20.4 Å². The van der Waals surface area contributed by atoms with Crippen molar-refractivity contribution in [3.05, 3.63) is 29.6 Å². The maximum absolute atomic E-state index is 11.5. The third kappa shape index (κ3) is 3.39. The number of imide groups is 1. The van der Waals surface area contributed by atoms with Gasteiger partial charge >= 0.3 is 5.97 Å². The molecule has 0 bridgehead atoms. The molecule has 1 saturated heterocycles. The molecule has 0 radical (unpaired) electrons. The minimum atomic E-state index is -0.442. The number of amides is 2. The van der Waals surface area contributed by atoms with E-state index in [1.54, 1.807) is 12.1 Å². The van der Waals surface area contributed by atoms with Crippen LogP contribution in [0.2, 0.25) is 0 Å². The number of pyridine rings is 1. The van der Waals surface area contributed by atoms with Gasteiger partial charge in [-0.2, -0.15) is 0 Å². The van der Waals surface area contributed by atoms with Gasteiger partial charge in [0.2, 0.25) is 11.8 Å².